The van der Waals surface area contributed by atoms with Gasteiger partial charge in [0.05, 0.1) is 35.8 Å². The minimum atomic E-state index is -0.889. The van der Waals surface area contributed by atoms with E-state index in [9.17, 15) is 19.5 Å². The topological polar surface area (TPSA) is 87.2 Å². The molecule has 2 amide bonds. The molecule has 6 atom stereocenters. The summed E-state index contributed by atoms with van der Waals surface area (Å²) in [6.45, 7) is 2.85. The van der Waals surface area contributed by atoms with Gasteiger partial charge in [-0.3, -0.25) is 14.4 Å². The highest BCUT2D eigenvalue weighted by Crippen LogP contribution is 2.61. The number of nitrogens with zero attached hydrogens (tertiary/aromatic N) is 2. The van der Waals surface area contributed by atoms with Crippen LogP contribution in [0.15, 0.2) is 54.6 Å². The van der Waals surface area contributed by atoms with Crippen molar-refractivity contribution in [3.63, 3.8) is 0 Å². The van der Waals surface area contributed by atoms with E-state index in [-0.39, 0.29) is 29.6 Å². The quantitative estimate of drug-likeness (QED) is 0.498. The molecule has 4 heterocycles. The first kappa shape index (κ1) is 24.1. The number of hydrogen-bond acceptors (Lipinski definition) is 6. The number of ether oxygens (including phenoxy) is 1. The third-order valence-corrected chi connectivity index (χ3v) is 9.41. The van der Waals surface area contributed by atoms with Crippen LogP contribution in [0.25, 0.3) is 0 Å². The molecule has 186 valence electrons. The van der Waals surface area contributed by atoms with Crippen LogP contribution in [0.4, 0.5) is 0 Å². The van der Waals surface area contributed by atoms with Crippen LogP contribution in [-0.4, -0.2) is 74.5 Å². The molecule has 1 aromatic rings. The smallest absolute Gasteiger partial charge is 0.311 e. The van der Waals surface area contributed by atoms with Crippen LogP contribution in [0, 0.1) is 11.8 Å². The molecule has 1 aromatic carbocycles. The first-order valence-corrected chi connectivity index (χ1v) is 13.3. The number of cyclic esters (lactones) is 1. The number of likely N-dealkylation sites (tertiary alicyclic amines) is 1. The monoisotopic (exact) mass is 496 g/mol. The molecule has 0 saturated carbocycles. The van der Waals surface area contributed by atoms with Crippen molar-refractivity contribution in [1.82, 2.24) is 9.80 Å². The van der Waals surface area contributed by atoms with E-state index in [0.717, 1.165) is 18.4 Å². The molecule has 1 unspecified atom stereocenters. The van der Waals surface area contributed by atoms with Gasteiger partial charge in [-0.25, -0.2) is 0 Å². The molecule has 2 saturated heterocycles. The van der Waals surface area contributed by atoms with Gasteiger partial charge in [0.15, 0.2) is 0 Å². The van der Waals surface area contributed by atoms with Gasteiger partial charge in [-0.15, -0.1) is 11.8 Å². The Morgan fingerprint density at radius 3 is 2.71 bits per heavy atom. The van der Waals surface area contributed by atoms with Gasteiger partial charge >= 0.3 is 5.97 Å². The summed E-state index contributed by atoms with van der Waals surface area (Å²) in [5, 5.41) is 9.93. The van der Waals surface area contributed by atoms with Gasteiger partial charge in [-0.2, -0.15) is 0 Å². The van der Waals surface area contributed by atoms with Crippen LogP contribution in [0.2, 0.25) is 0 Å². The lowest BCUT2D eigenvalue weighted by molar-refractivity contribution is -0.153. The Labute approximate surface area is 210 Å². The van der Waals surface area contributed by atoms with E-state index in [4.69, 9.17) is 4.74 Å². The first-order valence-electron chi connectivity index (χ1n) is 12.5. The first-order chi connectivity index (χ1) is 17.0. The zero-order valence-corrected chi connectivity index (χ0v) is 20.7. The number of carbonyl (C=O) groups excluding carboxylic acids is 3. The van der Waals surface area contributed by atoms with E-state index >= 15 is 0 Å². The highest BCUT2D eigenvalue weighted by Gasteiger charge is 2.71. The zero-order valence-electron chi connectivity index (χ0n) is 19.9. The van der Waals surface area contributed by atoms with E-state index in [0.29, 0.717) is 26.1 Å². The van der Waals surface area contributed by atoms with E-state index in [1.54, 1.807) is 9.80 Å². The van der Waals surface area contributed by atoms with Gasteiger partial charge in [-0.05, 0) is 24.8 Å². The maximum Gasteiger partial charge on any atom is 0.311 e. The Hall–Kier alpha value is -2.58. The average molecular weight is 497 g/mol. The lowest BCUT2D eigenvalue weighted by Crippen LogP contribution is -2.56. The van der Waals surface area contributed by atoms with Crippen molar-refractivity contribution in [3.05, 3.63) is 60.2 Å². The highest BCUT2D eigenvalue weighted by atomic mass is 32.2. The molecule has 4 aliphatic heterocycles. The molecule has 7 nitrogen and oxygen atoms in total. The number of fused-ring (bicyclic) bond motifs is 2. The van der Waals surface area contributed by atoms with Gasteiger partial charge in [-0.1, -0.05) is 61.6 Å². The summed E-state index contributed by atoms with van der Waals surface area (Å²) in [4.78, 5) is 44.9. The Kier molecular flexibility index (Phi) is 6.77. The van der Waals surface area contributed by atoms with Crippen molar-refractivity contribution in [3.8, 4) is 0 Å². The second kappa shape index (κ2) is 9.82. The molecule has 0 aliphatic carbocycles. The fourth-order valence-electron chi connectivity index (χ4n) is 5.99. The van der Waals surface area contributed by atoms with Crippen molar-refractivity contribution in [1.29, 1.82) is 0 Å². The van der Waals surface area contributed by atoms with E-state index in [2.05, 4.69) is 6.08 Å². The number of rotatable bonds is 5. The molecule has 8 heteroatoms. The van der Waals surface area contributed by atoms with Gasteiger partial charge in [0.2, 0.25) is 11.8 Å². The zero-order chi connectivity index (χ0) is 24.6. The third-order valence-electron chi connectivity index (χ3n) is 7.66. The van der Waals surface area contributed by atoms with E-state index < -0.39 is 28.7 Å². The number of allylic oxidation sites excluding steroid dienone is 1. The van der Waals surface area contributed by atoms with Crippen molar-refractivity contribution >= 4 is 29.5 Å². The normalized spacial score (nSPS) is 34.2. The summed E-state index contributed by atoms with van der Waals surface area (Å²) in [6.07, 6.45) is 10.1. The lowest BCUT2D eigenvalue weighted by Gasteiger charge is -2.38. The SMILES string of the molecule is CC[C@@H](CO)N1C(=O)[C@@H]2[C@H]3C(=O)OCCC/C=C\[C@H]3S[C@@]23C=CCN(Cc2ccccc2)C(=O)C13. The maximum absolute atomic E-state index is 14.2. The minimum absolute atomic E-state index is 0.141. The number of aliphatic hydroxyl groups is 1. The molecular weight excluding hydrogens is 464 g/mol. The van der Waals surface area contributed by atoms with Crippen LogP contribution in [-0.2, 0) is 25.7 Å². The molecule has 0 bridgehead atoms. The molecular formula is C27H32N2O5S. The highest BCUT2D eigenvalue weighted by molar-refractivity contribution is 8.02. The number of aliphatic hydroxyl groups excluding tert-OH is 1. The third kappa shape index (κ3) is 4.00. The number of hydrogen-bond donors (Lipinski definition) is 1. The largest absolute Gasteiger partial charge is 0.465 e. The van der Waals surface area contributed by atoms with E-state index in [1.807, 2.05) is 55.5 Å². The average Bonchev–Trinajstić information content (AvgIpc) is 3.28. The molecule has 0 radical (unpaired) electrons. The lowest BCUT2D eigenvalue weighted by atomic mass is 9.78. The number of carbonyl (C=O) groups is 3. The fourth-order valence-corrected chi connectivity index (χ4v) is 7.98. The second-order valence-electron chi connectivity index (χ2n) is 9.68. The molecule has 2 fully saturated rings. The van der Waals surface area contributed by atoms with Gasteiger partial charge < -0.3 is 19.6 Å². The predicted octanol–water partition coefficient (Wildman–Crippen LogP) is 2.55. The van der Waals surface area contributed by atoms with Crippen molar-refractivity contribution in [2.75, 3.05) is 19.8 Å². The van der Waals surface area contributed by atoms with Crippen molar-refractivity contribution < 1.29 is 24.2 Å². The standard InChI is InChI=1S/C27H32N2O5S/c1-2-19(17-30)29-23-25(32)28(16-18-10-5-3-6-11-18)14-9-13-27(23)22(24(29)31)21-20(35-27)12-7-4-8-15-34-26(21)33/h3,5-7,9-13,19-23,30H,2,4,8,14-17H2,1H3/b12-7-/t19-,20+,21-,22-,23?,27-/m0/s1. The molecule has 0 aromatic heterocycles. The summed E-state index contributed by atoms with van der Waals surface area (Å²) in [7, 11) is 0. The van der Waals surface area contributed by atoms with Crippen LogP contribution in [0.3, 0.4) is 0 Å². The van der Waals surface area contributed by atoms with E-state index in [1.165, 1.54) is 11.8 Å². The van der Waals surface area contributed by atoms with Crippen LogP contribution in [0.1, 0.15) is 31.7 Å². The van der Waals surface area contributed by atoms with Crippen LogP contribution in [0.5, 0.6) is 0 Å². The van der Waals surface area contributed by atoms with Crippen molar-refractivity contribution in [2.45, 2.75) is 54.8 Å². The Morgan fingerprint density at radius 2 is 1.97 bits per heavy atom. The van der Waals surface area contributed by atoms with Crippen LogP contribution >= 0.6 is 11.8 Å². The minimum Gasteiger partial charge on any atom is -0.465 e. The summed E-state index contributed by atoms with van der Waals surface area (Å²) in [5.41, 5.74) is 1.01. The van der Waals surface area contributed by atoms with Crippen molar-refractivity contribution in [2.24, 2.45) is 11.8 Å². The number of amides is 2. The molecule has 4 aliphatic rings. The van der Waals surface area contributed by atoms with Gasteiger partial charge in [0.25, 0.3) is 0 Å². The summed E-state index contributed by atoms with van der Waals surface area (Å²) < 4.78 is 4.70. The Morgan fingerprint density at radius 1 is 1.17 bits per heavy atom. The molecule has 1 N–H and O–H groups in total. The predicted molar refractivity (Wildman–Crippen MR) is 133 cm³/mol. The summed E-state index contributed by atoms with van der Waals surface area (Å²) in [5.74, 6) is -2.12. The molecule has 35 heavy (non-hydrogen) atoms. The summed E-state index contributed by atoms with van der Waals surface area (Å²) >= 11 is 1.54. The fraction of sp³-hybridized carbons (Fsp3) is 0.519. The number of thioether (sulfide) groups is 1. The van der Waals surface area contributed by atoms with Gasteiger partial charge in [0, 0.05) is 18.3 Å². The second-order valence-corrected chi connectivity index (χ2v) is 11.2. The Bertz CT molecular complexity index is 1040. The Balaban J connectivity index is 1.59. The maximum atomic E-state index is 14.2. The molecule has 5 rings (SSSR count). The van der Waals surface area contributed by atoms with Crippen LogP contribution < -0.4 is 0 Å². The summed E-state index contributed by atoms with van der Waals surface area (Å²) in [6, 6.07) is 8.51. The molecule has 1 spiro atoms. The number of benzene rings is 1. The number of esters is 1. The van der Waals surface area contributed by atoms with Gasteiger partial charge in [0.1, 0.15) is 6.04 Å².